The molecule has 0 fully saturated rings. The summed E-state index contributed by atoms with van der Waals surface area (Å²) in [6.07, 6.45) is 1.99. The molecule has 0 spiro atoms. The lowest BCUT2D eigenvalue weighted by Crippen LogP contribution is -2.34. The Labute approximate surface area is 135 Å². The van der Waals surface area contributed by atoms with Crippen LogP contribution >= 0.6 is 0 Å². The normalized spacial score (nSPS) is 11.5. The van der Waals surface area contributed by atoms with Gasteiger partial charge in [0, 0.05) is 11.1 Å². The number of hydrogen-bond acceptors (Lipinski definition) is 2. The fraction of sp³-hybridized carbons (Fsp3) is 0.400. The van der Waals surface area contributed by atoms with Gasteiger partial charge >= 0.3 is 0 Å². The minimum Gasteiger partial charge on any atom is -0.322 e. The second kappa shape index (κ2) is 8.11. The molecular weight excluding hydrogens is 268 g/mol. The molecule has 22 heavy (non-hydrogen) atoms. The van der Waals surface area contributed by atoms with E-state index in [2.05, 4.69) is 26.0 Å². The van der Waals surface area contributed by atoms with Crippen molar-refractivity contribution in [1.29, 1.82) is 0 Å². The topological polar surface area (TPSA) is 52.0 Å². The monoisotopic (exact) mass is 298 g/mol. The molecular formula is C20H30N2. The molecule has 2 aromatic carbocycles. The molecule has 0 aliphatic heterocycles. The first-order valence-corrected chi connectivity index (χ1v) is 8.02. The van der Waals surface area contributed by atoms with Gasteiger partial charge in [0.25, 0.3) is 0 Å². The molecule has 0 unspecified atom stereocenters. The van der Waals surface area contributed by atoms with Crippen LogP contribution in [0.3, 0.4) is 0 Å². The van der Waals surface area contributed by atoms with Gasteiger partial charge in [-0.1, -0.05) is 74.5 Å². The van der Waals surface area contributed by atoms with E-state index in [1.165, 1.54) is 11.1 Å². The molecule has 0 radical (unpaired) electrons. The molecule has 120 valence electrons. The van der Waals surface area contributed by atoms with Crippen LogP contribution in [0.1, 0.15) is 51.7 Å². The van der Waals surface area contributed by atoms with Crippen LogP contribution in [0, 0.1) is 0 Å². The van der Waals surface area contributed by atoms with Gasteiger partial charge in [0.15, 0.2) is 0 Å². The molecule has 4 N–H and O–H groups in total. The zero-order chi connectivity index (χ0) is 16.6. The van der Waals surface area contributed by atoms with Crippen LogP contribution in [0.4, 0.5) is 0 Å². The van der Waals surface area contributed by atoms with Crippen molar-refractivity contribution in [3.63, 3.8) is 0 Å². The number of nitrogens with two attached hydrogens (primary N) is 2. The molecule has 0 saturated heterocycles. The summed E-state index contributed by atoms with van der Waals surface area (Å²) >= 11 is 0. The van der Waals surface area contributed by atoms with E-state index in [1.807, 2.05) is 62.4 Å². The van der Waals surface area contributed by atoms with Crippen LogP contribution in [0.25, 0.3) is 0 Å². The minimum atomic E-state index is -0.207. The smallest absolute Gasteiger partial charge is 0.0404 e. The Morgan fingerprint density at radius 1 is 0.682 bits per heavy atom. The van der Waals surface area contributed by atoms with Crippen molar-refractivity contribution in [2.45, 2.75) is 51.6 Å². The zero-order valence-electron chi connectivity index (χ0n) is 14.3. The van der Waals surface area contributed by atoms with Gasteiger partial charge < -0.3 is 11.5 Å². The molecule has 0 bridgehead atoms. The van der Waals surface area contributed by atoms with Gasteiger partial charge in [0.2, 0.25) is 0 Å². The molecule has 0 heterocycles. The molecule has 0 aliphatic rings. The number of rotatable bonds is 4. The number of benzene rings is 2. The van der Waals surface area contributed by atoms with E-state index in [0.717, 1.165) is 12.8 Å². The van der Waals surface area contributed by atoms with Gasteiger partial charge in [-0.25, -0.2) is 0 Å². The van der Waals surface area contributed by atoms with E-state index in [1.54, 1.807) is 0 Å². The fourth-order valence-corrected chi connectivity index (χ4v) is 2.30. The Hall–Kier alpha value is -1.64. The van der Waals surface area contributed by atoms with Crippen LogP contribution in [-0.2, 0) is 11.1 Å². The van der Waals surface area contributed by atoms with Crippen molar-refractivity contribution in [3.05, 3.63) is 71.8 Å². The first-order chi connectivity index (χ1) is 10.3. The molecule has 2 nitrogen and oxygen atoms in total. The average molecular weight is 298 g/mol. The zero-order valence-corrected chi connectivity index (χ0v) is 14.3. The fourth-order valence-electron chi connectivity index (χ4n) is 2.30. The predicted octanol–water partition coefficient (Wildman–Crippen LogP) is 4.54. The molecule has 2 heteroatoms. The summed E-state index contributed by atoms with van der Waals surface area (Å²) in [5, 5.41) is 0. The van der Waals surface area contributed by atoms with E-state index in [9.17, 15) is 0 Å². The largest absolute Gasteiger partial charge is 0.322 e. The Morgan fingerprint density at radius 3 is 1.32 bits per heavy atom. The maximum atomic E-state index is 6.22. The van der Waals surface area contributed by atoms with Crippen molar-refractivity contribution in [3.8, 4) is 0 Å². The van der Waals surface area contributed by atoms with Crippen molar-refractivity contribution in [1.82, 2.24) is 0 Å². The van der Waals surface area contributed by atoms with E-state index < -0.39 is 0 Å². The third kappa shape index (κ3) is 5.28. The molecule has 0 amide bonds. The Morgan fingerprint density at radius 2 is 1.05 bits per heavy atom. The van der Waals surface area contributed by atoms with Crippen LogP contribution in [0.15, 0.2) is 60.7 Å². The van der Waals surface area contributed by atoms with Gasteiger partial charge in [-0.05, 0) is 37.8 Å². The van der Waals surface area contributed by atoms with Gasteiger partial charge in [-0.15, -0.1) is 0 Å². The average Bonchev–Trinajstić information content (AvgIpc) is 2.55. The van der Waals surface area contributed by atoms with Crippen LogP contribution in [0.2, 0.25) is 0 Å². The summed E-state index contributed by atoms with van der Waals surface area (Å²) in [4.78, 5) is 0. The molecule has 2 rings (SSSR count). The van der Waals surface area contributed by atoms with Crippen LogP contribution in [0.5, 0.6) is 0 Å². The minimum absolute atomic E-state index is 0.124. The third-order valence-corrected chi connectivity index (χ3v) is 4.13. The van der Waals surface area contributed by atoms with Gasteiger partial charge in [-0.2, -0.15) is 0 Å². The lowest BCUT2D eigenvalue weighted by Gasteiger charge is -2.27. The highest BCUT2D eigenvalue weighted by Crippen LogP contribution is 2.24. The lowest BCUT2D eigenvalue weighted by atomic mass is 9.86. The molecule has 0 atom stereocenters. The maximum Gasteiger partial charge on any atom is 0.0404 e. The van der Waals surface area contributed by atoms with Gasteiger partial charge in [-0.3, -0.25) is 0 Å². The van der Waals surface area contributed by atoms with E-state index in [0.29, 0.717) is 0 Å². The van der Waals surface area contributed by atoms with E-state index in [4.69, 9.17) is 11.5 Å². The standard InChI is InChI=1S/C11H17N.C9H13N/c1-3-11(12,4-2)10-8-6-5-7-9-10;1-9(2,10)8-6-4-3-5-7-8/h5-9H,3-4,12H2,1-2H3;3-7H,10H2,1-2H3. The second-order valence-corrected chi connectivity index (χ2v) is 6.32. The lowest BCUT2D eigenvalue weighted by molar-refractivity contribution is 0.413. The van der Waals surface area contributed by atoms with Crippen LogP contribution < -0.4 is 11.5 Å². The summed E-state index contributed by atoms with van der Waals surface area (Å²) in [6.45, 7) is 8.28. The Bertz CT molecular complexity index is 523. The summed E-state index contributed by atoms with van der Waals surface area (Å²) in [5.74, 6) is 0. The van der Waals surface area contributed by atoms with Crippen molar-refractivity contribution >= 4 is 0 Å². The quantitative estimate of drug-likeness (QED) is 0.870. The first-order valence-electron chi connectivity index (χ1n) is 8.02. The molecule has 0 aromatic heterocycles. The summed E-state index contributed by atoms with van der Waals surface area (Å²) in [5.41, 5.74) is 14.2. The SMILES string of the molecule is CC(C)(N)c1ccccc1.CCC(N)(CC)c1ccccc1. The highest BCUT2D eigenvalue weighted by Gasteiger charge is 2.21. The van der Waals surface area contributed by atoms with Crippen LogP contribution in [-0.4, -0.2) is 0 Å². The van der Waals surface area contributed by atoms with Crippen molar-refractivity contribution < 1.29 is 0 Å². The first kappa shape index (κ1) is 18.4. The number of hydrogen-bond donors (Lipinski definition) is 2. The highest BCUT2D eigenvalue weighted by molar-refractivity contribution is 5.23. The van der Waals surface area contributed by atoms with E-state index >= 15 is 0 Å². The summed E-state index contributed by atoms with van der Waals surface area (Å²) in [7, 11) is 0. The second-order valence-electron chi connectivity index (χ2n) is 6.32. The molecule has 2 aromatic rings. The molecule has 0 aliphatic carbocycles. The van der Waals surface area contributed by atoms with Gasteiger partial charge in [0.05, 0.1) is 0 Å². The molecule has 0 saturated carbocycles. The van der Waals surface area contributed by atoms with E-state index in [-0.39, 0.29) is 11.1 Å². The Kier molecular flexibility index (Phi) is 6.79. The summed E-state index contributed by atoms with van der Waals surface area (Å²) < 4.78 is 0. The van der Waals surface area contributed by atoms with Gasteiger partial charge in [0.1, 0.15) is 0 Å². The third-order valence-electron chi connectivity index (χ3n) is 4.13. The van der Waals surface area contributed by atoms with Crippen molar-refractivity contribution in [2.24, 2.45) is 11.5 Å². The van der Waals surface area contributed by atoms with Crippen molar-refractivity contribution in [2.75, 3.05) is 0 Å². The summed E-state index contributed by atoms with van der Waals surface area (Å²) in [6, 6.07) is 20.4. The Balaban J connectivity index is 0.000000224. The highest BCUT2D eigenvalue weighted by atomic mass is 14.7. The predicted molar refractivity (Wildman–Crippen MR) is 96.5 cm³/mol. The maximum absolute atomic E-state index is 6.22.